The molecule has 1 aromatic heterocycles. The number of hydrogen-bond donors (Lipinski definition) is 1. The fourth-order valence-corrected chi connectivity index (χ4v) is 4.45. The van der Waals surface area contributed by atoms with E-state index in [9.17, 15) is 48.2 Å². The Morgan fingerprint density at radius 3 is 1.82 bits per heavy atom. The van der Waals surface area contributed by atoms with Crippen LogP contribution in [0.2, 0.25) is 0 Å². The summed E-state index contributed by atoms with van der Waals surface area (Å²) in [6, 6.07) is 16.3. The number of rotatable bonds is 8. The number of nitrogen functional groups attached to an aromatic ring is 1. The Kier molecular flexibility index (Phi) is 11.9. The Morgan fingerprint density at radius 2 is 1.32 bits per heavy atom. The number of anilines is 1. The molecular weight excluding hydrogens is 720 g/mol. The molecule has 0 atom stereocenters. The van der Waals surface area contributed by atoms with Crippen molar-refractivity contribution in [3.05, 3.63) is 121 Å². The predicted molar refractivity (Wildman–Crippen MR) is 169 cm³/mol. The largest absolute Gasteiger partial charge is 3.00 e. The quantitative estimate of drug-likeness (QED) is 0.0723. The summed E-state index contributed by atoms with van der Waals surface area (Å²) in [4.78, 5) is 31.7. The molecule has 0 saturated heterocycles. The maximum atomic E-state index is 12.4. The SMILES string of the molecule is Cc1[n-]n(-c2ccccc2)c(=O)c1N=Nc1cc([N+](=O)[O-])ccc1[O-].[Cr+3].[H+].[H+].[NH-]c1cc(N)c(S(=O)(=O)[O-])cc1N=Nc1cc([N+](=O)[O-])ccc1[O-]. The second-order valence-corrected chi connectivity index (χ2v) is 10.9. The second kappa shape index (κ2) is 15.6. The molecule has 0 aliphatic rings. The van der Waals surface area contributed by atoms with Crippen molar-refractivity contribution in [1.29, 1.82) is 0 Å². The van der Waals surface area contributed by atoms with Crippen LogP contribution in [-0.2, 0) is 27.5 Å². The first kappa shape index (κ1) is 38.0. The van der Waals surface area contributed by atoms with E-state index in [0.29, 0.717) is 11.4 Å². The molecule has 0 unspecified atom stereocenters. The van der Waals surface area contributed by atoms with Gasteiger partial charge in [0.25, 0.3) is 16.9 Å². The molecule has 20 nitrogen and oxygen atoms in total. The minimum absolute atomic E-state index is 0. The summed E-state index contributed by atoms with van der Waals surface area (Å²) < 4.78 is 34.4. The summed E-state index contributed by atoms with van der Waals surface area (Å²) in [6.45, 7) is 1.58. The van der Waals surface area contributed by atoms with Crippen molar-refractivity contribution in [2.45, 2.75) is 11.8 Å². The number of nitrogens with zero attached hydrogens (tertiary/aromatic N) is 8. The van der Waals surface area contributed by atoms with Crippen molar-refractivity contribution in [2.75, 3.05) is 5.73 Å². The van der Waals surface area contributed by atoms with Crippen molar-refractivity contribution in [2.24, 2.45) is 20.5 Å². The Hall–Kier alpha value is -6.47. The smallest absolute Gasteiger partial charge is 0.871 e. The zero-order chi connectivity index (χ0) is 36.0. The minimum atomic E-state index is -4.89. The normalized spacial score (nSPS) is 11.2. The van der Waals surface area contributed by atoms with E-state index in [-0.39, 0.29) is 54.3 Å². The number of aryl methyl sites for hydroxylation is 1. The van der Waals surface area contributed by atoms with E-state index in [1.165, 1.54) is 4.68 Å². The monoisotopic (exact) mass is 741 g/mol. The predicted octanol–water partition coefficient (Wildman–Crippen LogP) is 4.98. The topological polar surface area (TPSA) is 325 Å². The summed E-state index contributed by atoms with van der Waals surface area (Å²) in [6.07, 6.45) is 0. The Labute approximate surface area is 294 Å². The van der Waals surface area contributed by atoms with Crippen molar-refractivity contribution in [1.82, 2.24) is 9.78 Å². The summed E-state index contributed by atoms with van der Waals surface area (Å²) in [5, 5.41) is 63.4. The van der Waals surface area contributed by atoms with E-state index in [1.807, 2.05) is 6.07 Å². The van der Waals surface area contributed by atoms with Gasteiger partial charge in [-0.1, -0.05) is 54.8 Å². The van der Waals surface area contributed by atoms with Gasteiger partial charge in [0.05, 0.1) is 31.8 Å². The van der Waals surface area contributed by atoms with Crippen LogP contribution in [0.5, 0.6) is 11.5 Å². The van der Waals surface area contributed by atoms with Crippen molar-refractivity contribution in [3.63, 3.8) is 0 Å². The third-order valence-corrected chi connectivity index (χ3v) is 7.11. The maximum absolute atomic E-state index is 12.4. The third kappa shape index (κ3) is 8.91. The number of nitrogens with two attached hydrogens (primary N) is 1. The molecule has 0 spiro atoms. The number of nitro groups is 2. The number of aromatic nitrogens is 2. The van der Waals surface area contributed by atoms with Gasteiger partial charge in [0.2, 0.25) is 0 Å². The Bertz CT molecular complexity index is 2320. The van der Waals surface area contributed by atoms with E-state index >= 15 is 0 Å². The number of non-ortho nitro benzene ring substituents is 2. The van der Waals surface area contributed by atoms with E-state index in [4.69, 9.17) is 11.5 Å². The number of nitrogens with one attached hydrogen (secondary N) is 1. The molecule has 0 aliphatic carbocycles. The molecule has 5 aromatic rings. The maximum Gasteiger partial charge on any atom is 3.00 e. The van der Waals surface area contributed by atoms with Crippen LogP contribution in [0.15, 0.2) is 109 Å². The Morgan fingerprint density at radius 1 is 0.820 bits per heavy atom. The zero-order valence-corrected chi connectivity index (χ0v) is 27.2. The fraction of sp³-hybridized carbons (Fsp3) is 0.0357. The van der Waals surface area contributed by atoms with Gasteiger partial charge in [-0.2, -0.15) is 15.3 Å². The summed E-state index contributed by atoms with van der Waals surface area (Å²) in [5.41, 5.74) is 11.0. The summed E-state index contributed by atoms with van der Waals surface area (Å²) in [7, 11) is -4.89. The van der Waals surface area contributed by atoms with Crippen LogP contribution in [0, 0.1) is 27.2 Å². The van der Waals surface area contributed by atoms with Crippen LogP contribution < -0.4 is 26.6 Å². The standard InChI is InChI=1S/C16H13N5O4.C12H10N5O6S.Cr/c1-10-15(16(23)20(19-10)11-5-3-2-4-6-11)18-17-13-9-12(21(24)25)7-8-14(13)22;13-7-4-8(14)12(24(21,22)23)5-9(7)15-16-10-3-6(17(19)20)1-2-11(10)18;/h2-9H,1H3,(H2,17,18,19,22,23);1-5H,(H5-,13,14,15,16,18,21,22,23);/q;-1;+3/p-2. The molecule has 50 heavy (non-hydrogen) atoms. The molecule has 1 radical (unpaired) electrons. The second-order valence-electron chi connectivity index (χ2n) is 9.57. The fourth-order valence-electron chi connectivity index (χ4n) is 3.85. The van der Waals surface area contributed by atoms with Crippen LogP contribution in [0.4, 0.5) is 45.5 Å². The first-order valence-corrected chi connectivity index (χ1v) is 14.6. The molecule has 0 saturated carbocycles. The molecular formula is C28H21CrN10O10S. The van der Waals surface area contributed by atoms with Gasteiger partial charge < -0.3 is 36.0 Å². The summed E-state index contributed by atoms with van der Waals surface area (Å²) >= 11 is 0. The van der Waals surface area contributed by atoms with Gasteiger partial charge in [-0.3, -0.25) is 25.0 Å². The molecule has 22 heteroatoms. The number of hydrogen-bond acceptors (Lipinski definition) is 15. The molecule has 0 fully saturated rings. The average molecular weight is 742 g/mol. The van der Waals surface area contributed by atoms with Gasteiger partial charge in [-0.15, -0.1) is 16.5 Å². The average Bonchev–Trinajstić information content (AvgIpc) is 3.33. The molecule has 1 heterocycles. The van der Waals surface area contributed by atoms with E-state index in [2.05, 4.69) is 25.6 Å². The van der Waals surface area contributed by atoms with Crippen molar-refractivity contribution >= 4 is 55.6 Å². The van der Waals surface area contributed by atoms with Gasteiger partial charge in [-0.05, 0) is 18.2 Å². The molecule has 0 aliphatic heterocycles. The molecule has 5 rings (SSSR count). The van der Waals surface area contributed by atoms with E-state index < -0.39 is 53.3 Å². The van der Waals surface area contributed by atoms with Gasteiger partial charge >= 0.3 is 20.2 Å². The van der Waals surface area contributed by atoms with Gasteiger partial charge in [-0.25, -0.2) is 8.42 Å². The van der Waals surface area contributed by atoms with Crippen molar-refractivity contribution < 1.29 is 53.2 Å². The van der Waals surface area contributed by atoms with E-state index in [1.54, 1.807) is 31.2 Å². The number of para-hydroxylation sites is 1. The van der Waals surface area contributed by atoms with Crippen molar-refractivity contribution in [3.8, 4) is 17.2 Å². The molecule has 0 bridgehead atoms. The third-order valence-electron chi connectivity index (χ3n) is 6.22. The Balaban J connectivity index is 0.000000492. The van der Waals surface area contributed by atoms with Crippen LogP contribution in [-0.4, -0.2) is 27.5 Å². The number of benzene rings is 4. The summed E-state index contributed by atoms with van der Waals surface area (Å²) in [5.74, 6) is -1.20. The zero-order valence-electron chi connectivity index (χ0n) is 27.1. The molecule has 3 N–H and O–H groups in total. The van der Waals surface area contributed by atoms with Crippen LogP contribution in [0.1, 0.15) is 8.55 Å². The minimum Gasteiger partial charge on any atom is -0.871 e. The number of nitro benzene ring substituents is 2. The molecule has 255 valence electrons. The van der Waals surface area contributed by atoms with Gasteiger partial charge in [0.15, 0.2) is 0 Å². The molecule has 4 aromatic carbocycles. The van der Waals surface area contributed by atoms with Crippen LogP contribution >= 0.6 is 0 Å². The molecule has 0 amide bonds. The van der Waals surface area contributed by atoms with Gasteiger partial charge in [0.1, 0.15) is 15.8 Å². The van der Waals surface area contributed by atoms with E-state index in [0.717, 1.165) is 48.5 Å². The first-order valence-electron chi connectivity index (χ1n) is 13.2. The van der Waals surface area contributed by atoms with Crippen LogP contribution in [0.25, 0.3) is 11.4 Å². The van der Waals surface area contributed by atoms with Crippen LogP contribution in [0.3, 0.4) is 0 Å². The van der Waals surface area contributed by atoms with Gasteiger partial charge in [0, 0.05) is 35.6 Å². The number of azo groups is 2. The first-order chi connectivity index (χ1) is 23.1.